The molecule has 0 radical (unpaired) electrons. The third kappa shape index (κ3) is 4.51. The van der Waals surface area contributed by atoms with Gasteiger partial charge in [-0.3, -0.25) is 0 Å². The Balaban J connectivity index is 1.28. The molecule has 5 rings (SSSR count). The van der Waals surface area contributed by atoms with Crippen molar-refractivity contribution in [2.45, 2.75) is 62.0 Å². The molecule has 166 valence electrons. The van der Waals surface area contributed by atoms with E-state index in [0.717, 1.165) is 45.2 Å². The highest BCUT2D eigenvalue weighted by atomic mass is 32.2. The van der Waals surface area contributed by atoms with E-state index < -0.39 is 16.1 Å². The molecule has 0 bridgehead atoms. The highest BCUT2D eigenvalue weighted by Gasteiger charge is 2.41. The van der Waals surface area contributed by atoms with Gasteiger partial charge in [0.25, 0.3) is 0 Å². The fourth-order valence-corrected chi connectivity index (χ4v) is 6.69. The van der Waals surface area contributed by atoms with Gasteiger partial charge in [-0.15, -0.1) is 0 Å². The lowest BCUT2D eigenvalue weighted by Crippen LogP contribution is -2.49. The van der Waals surface area contributed by atoms with E-state index in [1.807, 2.05) is 18.2 Å². The first kappa shape index (κ1) is 20.9. The largest absolute Gasteiger partial charge is 0.487 e. The Bertz CT molecular complexity index is 1060. The van der Waals surface area contributed by atoms with Crippen molar-refractivity contribution >= 4 is 10.0 Å². The lowest BCUT2D eigenvalue weighted by molar-refractivity contribution is -0.0337. The van der Waals surface area contributed by atoms with E-state index in [-0.39, 0.29) is 17.4 Å². The molecule has 6 nitrogen and oxygen atoms in total. The molecular formula is C24H30N2O4S. The van der Waals surface area contributed by atoms with Crippen molar-refractivity contribution in [1.82, 2.24) is 10.0 Å². The van der Waals surface area contributed by atoms with Crippen molar-refractivity contribution in [2.75, 3.05) is 13.1 Å². The number of benzene rings is 2. The van der Waals surface area contributed by atoms with E-state index >= 15 is 0 Å². The van der Waals surface area contributed by atoms with E-state index in [0.29, 0.717) is 23.3 Å². The van der Waals surface area contributed by atoms with Crippen LogP contribution in [0.2, 0.25) is 0 Å². The number of aliphatic hydroxyl groups is 1. The Morgan fingerprint density at radius 3 is 2.71 bits per heavy atom. The van der Waals surface area contributed by atoms with Crippen molar-refractivity contribution < 1.29 is 18.3 Å². The Kier molecular flexibility index (Phi) is 5.54. The van der Waals surface area contributed by atoms with E-state index in [4.69, 9.17) is 4.74 Å². The first-order chi connectivity index (χ1) is 14.9. The molecule has 3 aliphatic rings. The number of hydrogen-bond acceptors (Lipinski definition) is 5. The van der Waals surface area contributed by atoms with Crippen LogP contribution in [-0.4, -0.2) is 38.3 Å². The summed E-state index contributed by atoms with van der Waals surface area (Å²) in [6.45, 7) is 1.77. The van der Waals surface area contributed by atoms with Crippen molar-refractivity contribution in [3.05, 3.63) is 64.7 Å². The maximum atomic E-state index is 12.9. The minimum atomic E-state index is -3.49. The van der Waals surface area contributed by atoms with Crippen LogP contribution in [0, 0.1) is 0 Å². The summed E-state index contributed by atoms with van der Waals surface area (Å²) in [5.74, 6) is 0.582. The molecule has 1 saturated heterocycles. The van der Waals surface area contributed by atoms with Gasteiger partial charge in [0.2, 0.25) is 10.0 Å². The second kappa shape index (κ2) is 8.20. The fraction of sp³-hybridized carbons (Fsp3) is 0.500. The van der Waals surface area contributed by atoms with Crippen LogP contribution in [-0.2, 0) is 28.6 Å². The Hall–Kier alpha value is -1.93. The zero-order chi connectivity index (χ0) is 21.5. The van der Waals surface area contributed by atoms with Crippen LogP contribution in [0.1, 0.15) is 54.0 Å². The molecule has 31 heavy (non-hydrogen) atoms. The standard InChI is InChI=1S/C24H30N2O4S/c27-22-15-24(9-11-25-12-10-24)30-23-8-5-17(13-21(22)23)16-31(28,29)26-20-7-6-18-3-1-2-4-19(18)14-20/h1-5,8,13,20,22,25-27H,6-7,9-12,14-16H2/t20-,22-/m1/s1. The number of nitrogens with one attached hydrogen (secondary N) is 2. The molecule has 0 amide bonds. The summed E-state index contributed by atoms with van der Waals surface area (Å²) in [7, 11) is -3.49. The number of hydrogen-bond donors (Lipinski definition) is 3. The molecule has 2 atom stereocenters. The molecule has 1 fully saturated rings. The second-order valence-corrected chi connectivity index (χ2v) is 11.0. The second-order valence-electron chi connectivity index (χ2n) is 9.21. The fourth-order valence-electron chi connectivity index (χ4n) is 5.28. The summed E-state index contributed by atoms with van der Waals surface area (Å²) in [6.07, 6.45) is 4.09. The summed E-state index contributed by atoms with van der Waals surface area (Å²) >= 11 is 0. The van der Waals surface area contributed by atoms with Gasteiger partial charge in [-0.05, 0) is 74.0 Å². The van der Waals surface area contributed by atoms with Crippen LogP contribution in [0.3, 0.4) is 0 Å². The van der Waals surface area contributed by atoms with Gasteiger partial charge in [0, 0.05) is 18.0 Å². The monoisotopic (exact) mass is 442 g/mol. The normalized spacial score (nSPS) is 24.8. The Morgan fingerprint density at radius 2 is 1.90 bits per heavy atom. The molecule has 0 saturated carbocycles. The summed E-state index contributed by atoms with van der Waals surface area (Å²) in [6, 6.07) is 13.6. The Morgan fingerprint density at radius 1 is 1.13 bits per heavy atom. The molecule has 0 unspecified atom stereocenters. The average Bonchev–Trinajstić information content (AvgIpc) is 2.74. The van der Waals surface area contributed by atoms with Gasteiger partial charge in [-0.25, -0.2) is 13.1 Å². The molecule has 2 aromatic carbocycles. The average molecular weight is 443 g/mol. The predicted molar refractivity (Wildman–Crippen MR) is 119 cm³/mol. The van der Waals surface area contributed by atoms with E-state index in [2.05, 4.69) is 22.2 Å². The van der Waals surface area contributed by atoms with Crippen molar-refractivity contribution in [2.24, 2.45) is 0 Å². The first-order valence-corrected chi connectivity index (χ1v) is 12.8. The van der Waals surface area contributed by atoms with Gasteiger partial charge >= 0.3 is 0 Å². The van der Waals surface area contributed by atoms with Crippen LogP contribution in [0.25, 0.3) is 0 Å². The highest BCUT2D eigenvalue weighted by Crippen LogP contribution is 2.43. The number of piperidine rings is 1. The van der Waals surface area contributed by atoms with Crippen molar-refractivity contribution in [3.63, 3.8) is 0 Å². The maximum Gasteiger partial charge on any atom is 0.216 e. The van der Waals surface area contributed by atoms with Crippen LogP contribution < -0.4 is 14.8 Å². The summed E-state index contributed by atoms with van der Waals surface area (Å²) in [4.78, 5) is 0. The lowest BCUT2D eigenvalue weighted by atomic mass is 9.82. The number of rotatable bonds is 4. The number of aliphatic hydroxyl groups excluding tert-OH is 1. The SMILES string of the molecule is O=S(=O)(Cc1ccc2c(c1)[C@H](O)CC1(CCNCC1)O2)N[C@@H]1CCc2ccccc2C1. The molecule has 2 aliphatic heterocycles. The van der Waals surface area contributed by atoms with E-state index in [9.17, 15) is 13.5 Å². The van der Waals surface area contributed by atoms with Crippen molar-refractivity contribution in [3.8, 4) is 5.75 Å². The molecule has 2 aromatic rings. The third-order valence-corrected chi connectivity index (χ3v) is 8.30. The van der Waals surface area contributed by atoms with Gasteiger partial charge in [-0.1, -0.05) is 30.3 Å². The van der Waals surface area contributed by atoms with Crippen molar-refractivity contribution in [1.29, 1.82) is 0 Å². The lowest BCUT2D eigenvalue weighted by Gasteiger charge is -2.43. The van der Waals surface area contributed by atoms with Gasteiger partial charge < -0.3 is 15.2 Å². The van der Waals surface area contributed by atoms with Crippen LogP contribution in [0.15, 0.2) is 42.5 Å². The van der Waals surface area contributed by atoms with Gasteiger partial charge in [0.15, 0.2) is 0 Å². The maximum absolute atomic E-state index is 12.9. The molecule has 1 aliphatic carbocycles. The third-order valence-electron chi connectivity index (χ3n) is 6.89. The van der Waals surface area contributed by atoms with Crippen LogP contribution >= 0.6 is 0 Å². The van der Waals surface area contributed by atoms with Gasteiger partial charge in [-0.2, -0.15) is 0 Å². The number of aryl methyl sites for hydroxylation is 1. The summed E-state index contributed by atoms with van der Waals surface area (Å²) < 4.78 is 34.9. The smallest absolute Gasteiger partial charge is 0.216 e. The quantitative estimate of drug-likeness (QED) is 0.678. The molecule has 0 aromatic heterocycles. The summed E-state index contributed by atoms with van der Waals surface area (Å²) in [5.41, 5.74) is 3.59. The molecular weight excluding hydrogens is 412 g/mol. The zero-order valence-electron chi connectivity index (χ0n) is 17.6. The number of ether oxygens (including phenoxy) is 1. The Labute approximate surface area is 184 Å². The molecule has 3 N–H and O–H groups in total. The van der Waals surface area contributed by atoms with Crippen LogP contribution in [0.4, 0.5) is 0 Å². The first-order valence-electron chi connectivity index (χ1n) is 11.2. The van der Waals surface area contributed by atoms with Gasteiger partial charge in [0.05, 0.1) is 11.9 Å². The van der Waals surface area contributed by atoms with E-state index in [1.54, 1.807) is 12.1 Å². The van der Waals surface area contributed by atoms with Gasteiger partial charge in [0.1, 0.15) is 11.4 Å². The topological polar surface area (TPSA) is 87.7 Å². The number of sulfonamides is 1. The molecule has 2 heterocycles. The molecule has 1 spiro atoms. The highest BCUT2D eigenvalue weighted by molar-refractivity contribution is 7.88. The summed E-state index contributed by atoms with van der Waals surface area (Å²) in [5, 5.41) is 14.1. The zero-order valence-corrected chi connectivity index (χ0v) is 18.5. The number of fused-ring (bicyclic) bond motifs is 2. The van der Waals surface area contributed by atoms with Crippen LogP contribution in [0.5, 0.6) is 5.75 Å². The molecule has 7 heteroatoms. The van der Waals surface area contributed by atoms with E-state index in [1.165, 1.54) is 11.1 Å². The predicted octanol–water partition coefficient (Wildman–Crippen LogP) is 2.60. The minimum Gasteiger partial charge on any atom is -0.487 e. The minimum absolute atomic E-state index is 0.0776.